The minimum absolute atomic E-state index is 0.0362. The molecule has 0 aliphatic heterocycles. The van der Waals surface area contributed by atoms with Crippen molar-refractivity contribution in [2.75, 3.05) is 47.5 Å². The smallest absolute Gasteiger partial charge is 0.462 e. The summed E-state index contributed by atoms with van der Waals surface area (Å²) in [5.41, 5.74) is 0. The van der Waals surface area contributed by atoms with Gasteiger partial charge < -0.3 is 18.9 Å². The van der Waals surface area contributed by atoms with Crippen LogP contribution in [0, 0.1) is 0 Å². The van der Waals surface area contributed by atoms with Crippen LogP contribution in [-0.2, 0) is 32.7 Å². The number of carbonyl (C=O) groups excluding carboxylic acids is 2. The molecular weight excluding hydrogens is 1280 g/mol. The molecule has 0 bridgehead atoms. The van der Waals surface area contributed by atoms with Crippen LogP contribution in [0.1, 0.15) is 489 Å². The fourth-order valence-corrected chi connectivity index (χ4v) is 14.9. The lowest BCUT2D eigenvalue weighted by Gasteiger charge is -2.24. The van der Waals surface area contributed by atoms with Crippen molar-refractivity contribution in [1.82, 2.24) is 0 Å². The average molecular weight is 1460 g/mol. The number of phosphoric ester groups is 1. The van der Waals surface area contributed by atoms with Gasteiger partial charge in [-0.1, -0.05) is 442 Å². The Balaban J connectivity index is 3.82. The molecule has 0 radical (unpaired) electrons. The van der Waals surface area contributed by atoms with E-state index in [1.54, 1.807) is 0 Å². The van der Waals surface area contributed by atoms with Crippen LogP contribution in [0.3, 0.4) is 0 Å². The summed E-state index contributed by atoms with van der Waals surface area (Å²) in [4.78, 5) is 36.1. The van der Waals surface area contributed by atoms with Gasteiger partial charge in [0, 0.05) is 12.8 Å². The van der Waals surface area contributed by atoms with Crippen LogP contribution >= 0.6 is 7.82 Å². The SMILES string of the molecule is CCCCCCC/C=C\C/C=C\CCCCCCCCCCCCCCCCCCCCCCCCCCCCCCCC(=O)OC(COC(=O)CCCCCCCCCCCCCCCCCCCCCCCCCCC/C=C\CCCCCCCCCC)COP(=O)(O)OCC[N+](C)(C)C. The highest BCUT2D eigenvalue weighted by atomic mass is 31.2. The van der Waals surface area contributed by atoms with Gasteiger partial charge in [0.1, 0.15) is 19.8 Å². The fourth-order valence-electron chi connectivity index (χ4n) is 14.2. The second kappa shape index (κ2) is 83.3. The van der Waals surface area contributed by atoms with Gasteiger partial charge in [-0.25, -0.2) is 4.57 Å². The fraction of sp³-hybridized carbons (Fsp3) is 0.913. The molecule has 0 saturated carbocycles. The minimum Gasteiger partial charge on any atom is -0.462 e. The van der Waals surface area contributed by atoms with Gasteiger partial charge in [-0.15, -0.1) is 0 Å². The third-order valence-corrected chi connectivity index (χ3v) is 22.1. The number of phosphoric acid groups is 1. The van der Waals surface area contributed by atoms with Crippen LogP contribution < -0.4 is 0 Å². The van der Waals surface area contributed by atoms with Gasteiger partial charge in [0.25, 0.3) is 0 Å². The predicted molar refractivity (Wildman–Crippen MR) is 446 cm³/mol. The number of carbonyl (C=O) groups is 2. The molecule has 0 fully saturated rings. The van der Waals surface area contributed by atoms with Crippen molar-refractivity contribution in [3.8, 4) is 0 Å². The van der Waals surface area contributed by atoms with E-state index in [9.17, 15) is 19.0 Å². The summed E-state index contributed by atoms with van der Waals surface area (Å²) < 4.78 is 34.9. The van der Waals surface area contributed by atoms with E-state index in [2.05, 4.69) is 50.3 Å². The molecule has 0 aromatic rings. The highest BCUT2D eigenvalue weighted by Gasteiger charge is 2.27. The zero-order valence-corrected chi connectivity index (χ0v) is 70.3. The zero-order chi connectivity index (χ0) is 74.0. The number of nitrogens with zero attached hydrogens (tertiary/aromatic N) is 1. The largest absolute Gasteiger partial charge is 0.472 e. The molecule has 9 nitrogen and oxygen atoms in total. The van der Waals surface area contributed by atoms with Gasteiger partial charge in [0.05, 0.1) is 27.7 Å². The summed E-state index contributed by atoms with van der Waals surface area (Å²) >= 11 is 0. The van der Waals surface area contributed by atoms with Gasteiger partial charge in [-0.2, -0.15) is 0 Å². The molecule has 2 unspecified atom stereocenters. The number of quaternary nitrogens is 1. The third-order valence-electron chi connectivity index (χ3n) is 21.1. The Hall–Kier alpha value is -1.77. The summed E-state index contributed by atoms with van der Waals surface area (Å²) in [7, 11) is 1.51. The first kappa shape index (κ1) is 100. The molecule has 0 aromatic carbocycles. The quantitative estimate of drug-likeness (QED) is 0.0211. The maximum atomic E-state index is 13.0. The van der Waals surface area contributed by atoms with E-state index < -0.39 is 26.5 Å². The van der Waals surface area contributed by atoms with Crippen LogP contribution in [0.5, 0.6) is 0 Å². The zero-order valence-electron chi connectivity index (χ0n) is 69.4. The second-order valence-electron chi connectivity index (χ2n) is 32.7. The molecule has 102 heavy (non-hydrogen) atoms. The summed E-state index contributed by atoms with van der Waals surface area (Å²) in [6, 6.07) is 0. The predicted octanol–water partition coefficient (Wildman–Crippen LogP) is 30.9. The summed E-state index contributed by atoms with van der Waals surface area (Å²) in [6.45, 7) is 4.52. The van der Waals surface area contributed by atoms with Crippen LogP contribution in [0.4, 0.5) is 0 Å². The summed E-state index contributed by atoms with van der Waals surface area (Å²) in [5.74, 6) is -0.766. The molecule has 0 saturated heterocycles. The normalized spacial score (nSPS) is 13.0. The van der Waals surface area contributed by atoms with Gasteiger partial charge in [-0.05, 0) is 70.6 Å². The number of hydrogen-bond acceptors (Lipinski definition) is 7. The molecule has 2 atom stereocenters. The van der Waals surface area contributed by atoms with Gasteiger partial charge in [-0.3, -0.25) is 18.6 Å². The number of allylic oxidation sites excluding steroid dienone is 6. The molecule has 1 N–H and O–H groups in total. The van der Waals surface area contributed by atoms with Crippen molar-refractivity contribution in [3.63, 3.8) is 0 Å². The van der Waals surface area contributed by atoms with Crippen molar-refractivity contribution < 1.29 is 42.1 Å². The van der Waals surface area contributed by atoms with Gasteiger partial charge in [0.15, 0.2) is 6.10 Å². The number of hydrogen-bond donors (Lipinski definition) is 1. The van der Waals surface area contributed by atoms with Crippen LogP contribution in [0.2, 0.25) is 0 Å². The number of ether oxygens (including phenoxy) is 2. The average Bonchev–Trinajstić information content (AvgIpc) is 0.916. The summed E-state index contributed by atoms with van der Waals surface area (Å²) in [6.07, 6.45) is 111. The third kappa shape index (κ3) is 87.1. The number of esters is 2. The van der Waals surface area contributed by atoms with E-state index in [4.69, 9.17) is 18.5 Å². The van der Waals surface area contributed by atoms with E-state index in [0.717, 1.165) is 44.9 Å². The van der Waals surface area contributed by atoms with Crippen LogP contribution in [0.25, 0.3) is 0 Å². The Morgan fingerprint density at radius 3 is 0.784 bits per heavy atom. The first-order valence-electron chi connectivity index (χ1n) is 45.7. The molecule has 0 aliphatic carbocycles. The number of likely N-dealkylation sites (N-methyl/N-ethyl adjacent to an activating group) is 1. The minimum atomic E-state index is -4.39. The van der Waals surface area contributed by atoms with E-state index in [0.29, 0.717) is 17.4 Å². The maximum absolute atomic E-state index is 13.0. The van der Waals surface area contributed by atoms with Gasteiger partial charge >= 0.3 is 19.8 Å². The second-order valence-corrected chi connectivity index (χ2v) is 34.1. The van der Waals surface area contributed by atoms with Gasteiger partial charge in [0.2, 0.25) is 0 Å². The van der Waals surface area contributed by atoms with E-state index in [-0.39, 0.29) is 25.6 Å². The van der Waals surface area contributed by atoms with Crippen LogP contribution in [-0.4, -0.2) is 74.9 Å². The molecule has 0 heterocycles. The molecule has 0 rings (SSSR count). The molecule has 0 aliphatic rings. The maximum Gasteiger partial charge on any atom is 0.472 e. The highest BCUT2D eigenvalue weighted by Crippen LogP contribution is 2.43. The van der Waals surface area contributed by atoms with Crippen molar-refractivity contribution in [1.29, 1.82) is 0 Å². The molecule has 10 heteroatoms. The molecule has 0 spiro atoms. The number of rotatable bonds is 87. The Kier molecular flexibility index (Phi) is 81.8. The first-order chi connectivity index (χ1) is 50.0. The Bertz CT molecular complexity index is 1810. The van der Waals surface area contributed by atoms with E-state index in [1.165, 1.54) is 417 Å². The first-order valence-corrected chi connectivity index (χ1v) is 47.2. The molecule has 0 amide bonds. The Morgan fingerprint density at radius 2 is 0.529 bits per heavy atom. The van der Waals surface area contributed by atoms with Crippen molar-refractivity contribution in [3.05, 3.63) is 36.5 Å². The Labute approximate surface area is 637 Å². The summed E-state index contributed by atoms with van der Waals surface area (Å²) in [5, 5.41) is 0. The van der Waals surface area contributed by atoms with Crippen molar-refractivity contribution in [2.45, 2.75) is 495 Å². The molecular formula is C92H179NO8P+. The lowest BCUT2D eigenvalue weighted by molar-refractivity contribution is -0.870. The van der Waals surface area contributed by atoms with Crippen molar-refractivity contribution >= 4 is 19.8 Å². The number of unbranched alkanes of at least 4 members (excludes halogenated alkanes) is 67. The van der Waals surface area contributed by atoms with E-state index >= 15 is 0 Å². The monoisotopic (exact) mass is 1460 g/mol. The van der Waals surface area contributed by atoms with Crippen LogP contribution in [0.15, 0.2) is 36.5 Å². The standard InChI is InChI=1S/C92H178NO8P/c1-6-8-10-12-14-16-18-20-22-24-26-28-30-32-34-36-38-40-42-44-45-46-47-49-51-53-55-57-59-61-63-65-67-69-71-73-75-77-79-81-83-85-92(95)101-90(89-100-102(96,97)99-87-86-93(3,4)5)88-98-91(94)84-82-80-78-76-74-72-70-68-66-64-62-60-58-56-54-52-50-48-43-41-39-37-35-33-31-29-27-25-23-21-19-17-15-13-11-9-7-2/h18,20,24-27,90H,6-17,19,21-23,28-89H2,1-5H3/p+1/b20-18-,26-24-,27-25-. The highest BCUT2D eigenvalue weighted by molar-refractivity contribution is 7.47. The molecule has 604 valence electrons. The lowest BCUT2D eigenvalue weighted by atomic mass is 10.0. The van der Waals surface area contributed by atoms with Crippen molar-refractivity contribution in [2.24, 2.45) is 0 Å². The Morgan fingerprint density at radius 1 is 0.304 bits per heavy atom. The van der Waals surface area contributed by atoms with E-state index in [1.807, 2.05) is 21.1 Å². The lowest BCUT2D eigenvalue weighted by Crippen LogP contribution is -2.37. The molecule has 0 aromatic heterocycles. The topological polar surface area (TPSA) is 108 Å².